The van der Waals surface area contributed by atoms with Gasteiger partial charge in [-0.1, -0.05) is 46.0 Å². The molecule has 1 aliphatic carbocycles. The van der Waals surface area contributed by atoms with E-state index in [0.29, 0.717) is 25.8 Å². The van der Waals surface area contributed by atoms with Gasteiger partial charge in [-0.25, -0.2) is 4.79 Å². The number of hydrogen-bond acceptors (Lipinski definition) is 6. The number of amides is 4. The van der Waals surface area contributed by atoms with Crippen molar-refractivity contribution in [2.45, 2.75) is 116 Å². The summed E-state index contributed by atoms with van der Waals surface area (Å²) in [6.07, 6.45) is 5.66. The topological polar surface area (TPSA) is 148 Å². The molecule has 2 aliphatic rings. The van der Waals surface area contributed by atoms with Crippen molar-refractivity contribution in [1.82, 2.24) is 15.5 Å². The number of ether oxygens (including phenoxy) is 1. The highest BCUT2D eigenvalue weighted by Gasteiger charge is 2.38. The Bertz CT molecular complexity index is 818. The molecule has 2 fully saturated rings. The van der Waals surface area contributed by atoms with Crippen LogP contribution in [0.5, 0.6) is 0 Å². The molecule has 0 aromatic heterocycles. The summed E-state index contributed by atoms with van der Waals surface area (Å²) in [5, 5.41) is 5.44. The van der Waals surface area contributed by atoms with Crippen LogP contribution in [0.3, 0.4) is 0 Å². The molecule has 0 aromatic rings. The molecule has 204 valence electrons. The van der Waals surface area contributed by atoms with E-state index in [1.807, 2.05) is 13.8 Å². The van der Waals surface area contributed by atoms with Gasteiger partial charge in [0.1, 0.15) is 17.7 Å². The Hall–Kier alpha value is -2.65. The summed E-state index contributed by atoms with van der Waals surface area (Å²) in [6.45, 7) is 9.50. The Labute approximate surface area is 214 Å². The summed E-state index contributed by atoms with van der Waals surface area (Å²) in [6, 6.07) is -2.67. The van der Waals surface area contributed by atoms with Crippen molar-refractivity contribution in [3.05, 3.63) is 0 Å². The standard InChI is InChI=1S/C26H44N4O6/c1-16(2)14-20(23(33)28-19(15-17-11-12-17)21(31)22(27)32)30-13-9-7-6-8-10-18(24(30)34)29-25(35)36-26(3,4)5/h16-20H,6-15H2,1-5H3,(H2,27,32)(H,28,33)(H,29,35)/t18?,19?,20-/m0/s1. The van der Waals surface area contributed by atoms with Gasteiger partial charge in [-0.3, -0.25) is 19.2 Å². The second-order valence-corrected chi connectivity index (χ2v) is 11.5. The molecular weight excluding hydrogens is 464 g/mol. The number of Topliss-reactive ketones (excluding diaryl/α,β-unsaturated/α-hetero) is 1. The van der Waals surface area contributed by atoms with Gasteiger partial charge in [0, 0.05) is 6.54 Å². The summed E-state index contributed by atoms with van der Waals surface area (Å²) in [5.74, 6) is -2.37. The number of carbonyl (C=O) groups is 5. The number of ketones is 1. The van der Waals surface area contributed by atoms with E-state index in [1.165, 1.54) is 4.90 Å². The SMILES string of the molecule is CC(C)C[C@@H](C(=O)NC(CC1CC1)C(=O)C(N)=O)N1CCCCCCC(NC(=O)OC(C)(C)C)C1=O. The Balaban J connectivity index is 2.28. The van der Waals surface area contributed by atoms with Crippen LogP contribution in [0.2, 0.25) is 0 Å². The van der Waals surface area contributed by atoms with Gasteiger partial charge in [0.2, 0.25) is 17.6 Å². The van der Waals surface area contributed by atoms with Gasteiger partial charge in [0.15, 0.2) is 0 Å². The minimum Gasteiger partial charge on any atom is -0.444 e. The first-order valence-corrected chi connectivity index (χ1v) is 13.2. The van der Waals surface area contributed by atoms with E-state index in [0.717, 1.165) is 38.5 Å². The Kier molecular flexibility index (Phi) is 10.7. The molecule has 1 aliphatic heterocycles. The number of hydrogen-bond donors (Lipinski definition) is 3. The maximum absolute atomic E-state index is 13.7. The predicted molar refractivity (Wildman–Crippen MR) is 135 cm³/mol. The van der Waals surface area contributed by atoms with Crippen molar-refractivity contribution >= 4 is 29.6 Å². The minimum absolute atomic E-state index is 0.0761. The Morgan fingerprint density at radius 1 is 1.06 bits per heavy atom. The molecule has 1 saturated carbocycles. The molecule has 0 radical (unpaired) electrons. The maximum Gasteiger partial charge on any atom is 0.408 e. The molecule has 0 aromatic carbocycles. The van der Waals surface area contributed by atoms with Gasteiger partial charge in [0.25, 0.3) is 5.91 Å². The fourth-order valence-electron chi connectivity index (χ4n) is 4.49. The third-order valence-corrected chi connectivity index (χ3v) is 6.43. The molecule has 10 nitrogen and oxygen atoms in total. The zero-order valence-corrected chi connectivity index (χ0v) is 22.4. The molecule has 0 bridgehead atoms. The van der Waals surface area contributed by atoms with Gasteiger partial charge in [-0.05, 0) is 58.3 Å². The molecule has 0 spiro atoms. The molecular formula is C26H44N4O6. The summed E-state index contributed by atoms with van der Waals surface area (Å²) >= 11 is 0. The van der Waals surface area contributed by atoms with Crippen LogP contribution in [0.1, 0.15) is 92.4 Å². The third-order valence-electron chi connectivity index (χ3n) is 6.43. The molecule has 4 N–H and O–H groups in total. The van der Waals surface area contributed by atoms with Gasteiger partial charge >= 0.3 is 6.09 Å². The van der Waals surface area contributed by atoms with Crippen LogP contribution in [-0.4, -0.2) is 64.8 Å². The number of nitrogens with one attached hydrogen (secondary N) is 2. The van der Waals surface area contributed by atoms with Crippen LogP contribution in [0.15, 0.2) is 0 Å². The molecule has 1 saturated heterocycles. The fourth-order valence-corrected chi connectivity index (χ4v) is 4.49. The van der Waals surface area contributed by atoms with Gasteiger partial charge < -0.3 is 26.0 Å². The molecule has 36 heavy (non-hydrogen) atoms. The third kappa shape index (κ3) is 9.78. The molecule has 2 rings (SSSR count). The van der Waals surface area contributed by atoms with E-state index in [-0.39, 0.29) is 17.7 Å². The Morgan fingerprint density at radius 2 is 1.69 bits per heavy atom. The van der Waals surface area contributed by atoms with Crippen LogP contribution in [-0.2, 0) is 23.9 Å². The first kappa shape index (κ1) is 29.6. The fraction of sp³-hybridized carbons (Fsp3) is 0.808. The van der Waals surface area contributed by atoms with Gasteiger partial charge in [-0.15, -0.1) is 0 Å². The van der Waals surface area contributed by atoms with Crippen molar-refractivity contribution < 1.29 is 28.7 Å². The van der Waals surface area contributed by atoms with Crippen LogP contribution in [0.4, 0.5) is 4.79 Å². The van der Waals surface area contributed by atoms with E-state index in [2.05, 4.69) is 10.6 Å². The second kappa shape index (κ2) is 13.1. The zero-order valence-electron chi connectivity index (χ0n) is 22.4. The number of nitrogens with two attached hydrogens (primary N) is 1. The normalized spacial score (nSPS) is 21.0. The lowest BCUT2D eigenvalue weighted by Crippen LogP contribution is -2.58. The zero-order chi connectivity index (χ0) is 27.0. The first-order valence-electron chi connectivity index (χ1n) is 13.2. The lowest BCUT2D eigenvalue weighted by molar-refractivity contribution is -0.144. The molecule has 3 atom stereocenters. The van der Waals surface area contributed by atoms with Crippen LogP contribution < -0.4 is 16.4 Å². The molecule has 2 unspecified atom stereocenters. The van der Waals surface area contributed by atoms with Crippen LogP contribution in [0, 0.1) is 11.8 Å². The lowest BCUT2D eigenvalue weighted by atomic mass is 9.98. The van der Waals surface area contributed by atoms with Crippen molar-refractivity contribution in [3.8, 4) is 0 Å². The van der Waals surface area contributed by atoms with Crippen molar-refractivity contribution in [1.29, 1.82) is 0 Å². The quantitative estimate of drug-likeness (QED) is 0.386. The predicted octanol–water partition coefficient (Wildman–Crippen LogP) is 2.43. The highest BCUT2D eigenvalue weighted by molar-refractivity contribution is 6.37. The Morgan fingerprint density at radius 3 is 2.25 bits per heavy atom. The minimum atomic E-state index is -1.08. The first-order chi connectivity index (χ1) is 16.8. The van der Waals surface area contributed by atoms with Gasteiger partial charge in [-0.2, -0.15) is 0 Å². The van der Waals surface area contributed by atoms with Crippen molar-refractivity contribution in [2.24, 2.45) is 17.6 Å². The van der Waals surface area contributed by atoms with E-state index in [1.54, 1.807) is 20.8 Å². The smallest absolute Gasteiger partial charge is 0.408 e. The summed E-state index contributed by atoms with van der Waals surface area (Å²) in [7, 11) is 0. The molecule has 4 amide bonds. The lowest BCUT2D eigenvalue weighted by Gasteiger charge is -2.35. The largest absolute Gasteiger partial charge is 0.444 e. The molecule has 1 heterocycles. The van der Waals surface area contributed by atoms with E-state index in [9.17, 15) is 24.0 Å². The van der Waals surface area contributed by atoms with Crippen LogP contribution >= 0.6 is 0 Å². The average molecular weight is 509 g/mol. The highest BCUT2D eigenvalue weighted by Crippen LogP contribution is 2.33. The van der Waals surface area contributed by atoms with Crippen LogP contribution in [0.25, 0.3) is 0 Å². The monoisotopic (exact) mass is 508 g/mol. The summed E-state index contributed by atoms with van der Waals surface area (Å²) in [5.41, 5.74) is 4.52. The summed E-state index contributed by atoms with van der Waals surface area (Å²) in [4.78, 5) is 65.3. The van der Waals surface area contributed by atoms with E-state index in [4.69, 9.17) is 10.5 Å². The number of carbonyl (C=O) groups excluding carboxylic acids is 5. The number of primary amides is 1. The van der Waals surface area contributed by atoms with Crippen molar-refractivity contribution in [3.63, 3.8) is 0 Å². The van der Waals surface area contributed by atoms with Crippen molar-refractivity contribution in [2.75, 3.05) is 6.54 Å². The summed E-state index contributed by atoms with van der Waals surface area (Å²) < 4.78 is 5.36. The van der Waals surface area contributed by atoms with Gasteiger partial charge in [0.05, 0.1) is 6.04 Å². The average Bonchev–Trinajstić information content (AvgIpc) is 3.56. The number of rotatable bonds is 10. The molecule has 10 heteroatoms. The number of nitrogens with zero attached hydrogens (tertiary/aromatic N) is 1. The van der Waals surface area contributed by atoms with E-state index < -0.39 is 47.4 Å². The highest BCUT2D eigenvalue weighted by atomic mass is 16.6. The second-order valence-electron chi connectivity index (χ2n) is 11.5. The maximum atomic E-state index is 13.7. The number of alkyl carbamates (subject to hydrolysis) is 1. The van der Waals surface area contributed by atoms with E-state index >= 15 is 0 Å².